The highest BCUT2D eigenvalue weighted by Crippen LogP contribution is 2.38. The number of carbonyl (C=O) groups excluding carboxylic acids is 1. The number of hydrogen-bond acceptors (Lipinski definition) is 3. The Morgan fingerprint density at radius 3 is 2.70 bits per heavy atom. The molecule has 20 heavy (non-hydrogen) atoms. The van der Waals surface area contributed by atoms with Gasteiger partial charge in [0.05, 0.1) is 15.9 Å². The molecule has 0 saturated heterocycles. The zero-order valence-corrected chi connectivity index (χ0v) is 13.4. The molecule has 6 heteroatoms. The summed E-state index contributed by atoms with van der Waals surface area (Å²) in [6.07, 6.45) is 3.34. The number of aliphatic carboxylic acids is 1. The van der Waals surface area contributed by atoms with Crippen molar-refractivity contribution in [2.45, 2.75) is 45.4 Å². The summed E-state index contributed by atoms with van der Waals surface area (Å²) >= 11 is 3.49. The van der Waals surface area contributed by atoms with E-state index in [1.807, 2.05) is 6.92 Å². The Bertz CT molecular complexity index is 553. The van der Waals surface area contributed by atoms with Crippen molar-refractivity contribution in [1.82, 2.24) is 9.78 Å². The van der Waals surface area contributed by atoms with Crippen LogP contribution >= 0.6 is 15.9 Å². The van der Waals surface area contributed by atoms with Gasteiger partial charge < -0.3 is 5.11 Å². The Balaban J connectivity index is 2.41. The number of aryl methyl sites for hydroxylation is 2. The zero-order valence-electron chi connectivity index (χ0n) is 11.8. The summed E-state index contributed by atoms with van der Waals surface area (Å²) in [4.78, 5) is 24.0. The molecule has 1 aliphatic carbocycles. The number of carbonyl (C=O) groups is 2. The fourth-order valence-corrected chi connectivity index (χ4v) is 3.63. The smallest absolute Gasteiger partial charge is 0.317 e. The van der Waals surface area contributed by atoms with E-state index in [0.29, 0.717) is 12.8 Å². The van der Waals surface area contributed by atoms with E-state index in [4.69, 9.17) is 0 Å². The number of aromatic nitrogens is 2. The van der Waals surface area contributed by atoms with Gasteiger partial charge in [-0.15, -0.1) is 0 Å². The van der Waals surface area contributed by atoms with Crippen LogP contribution in [0.5, 0.6) is 0 Å². The summed E-state index contributed by atoms with van der Waals surface area (Å²) in [7, 11) is 1.79. The third-order valence-corrected chi connectivity index (χ3v) is 5.09. The highest BCUT2D eigenvalue weighted by molar-refractivity contribution is 9.10. The van der Waals surface area contributed by atoms with Crippen LogP contribution in [0.3, 0.4) is 0 Å². The van der Waals surface area contributed by atoms with Gasteiger partial charge in [-0.1, -0.05) is 13.3 Å². The lowest BCUT2D eigenvalue weighted by Gasteiger charge is -2.31. The maximum absolute atomic E-state index is 12.2. The molecule has 1 aliphatic rings. The molecule has 1 atom stereocenters. The highest BCUT2D eigenvalue weighted by Gasteiger charge is 2.47. The maximum atomic E-state index is 12.2. The summed E-state index contributed by atoms with van der Waals surface area (Å²) in [6, 6.07) is 0. The lowest BCUT2D eigenvalue weighted by molar-refractivity contribution is -0.157. The van der Waals surface area contributed by atoms with Crippen LogP contribution < -0.4 is 0 Å². The predicted molar refractivity (Wildman–Crippen MR) is 77.5 cm³/mol. The fourth-order valence-electron chi connectivity index (χ4n) is 2.88. The van der Waals surface area contributed by atoms with E-state index in [1.165, 1.54) is 0 Å². The van der Waals surface area contributed by atoms with Crippen molar-refractivity contribution in [2.24, 2.45) is 12.5 Å². The first-order valence-corrected chi connectivity index (χ1v) is 7.68. The first kappa shape index (κ1) is 15.2. The van der Waals surface area contributed by atoms with E-state index in [9.17, 15) is 14.7 Å². The Labute approximate surface area is 126 Å². The lowest BCUT2D eigenvalue weighted by Crippen LogP contribution is -2.44. The fraction of sp³-hybridized carbons (Fsp3) is 0.643. The Morgan fingerprint density at radius 2 is 2.20 bits per heavy atom. The van der Waals surface area contributed by atoms with E-state index in [1.54, 1.807) is 11.7 Å². The van der Waals surface area contributed by atoms with Crippen molar-refractivity contribution < 1.29 is 14.7 Å². The van der Waals surface area contributed by atoms with Gasteiger partial charge in [0, 0.05) is 19.9 Å². The highest BCUT2D eigenvalue weighted by atomic mass is 79.9. The molecule has 1 heterocycles. The number of carboxylic acids is 1. The normalized spacial score (nSPS) is 23.1. The van der Waals surface area contributed by atoms with E-state index in [-0.39, 0.29) is 12.2 Å². The number of ketones is 1. The molecule has 1 fully saturated rings. The van der Waals surface area contributed by atoms with E-state index < -0.39 is 11.4 Å². The second kappa shape index (κ2) is 5.68. The van der Waals surface area contributed by atoms with Crippen LogP contribution in [0.2, 0.25) is 0 Å². The number of rotatable bonds is 4. The lowest BCUT2D eigenvalue weighted by atomic mass is 9.70. The zero-order chi connectivity index (χ0) is 14.9. The van der Waals surface area contributed by atoms with E-state index in [2.05, 4.69) is 21.0 Å². The third kappa shape index (κ3) is 2.41. The van der Waals surface area contributed by atoms with Gasteiger partial charge in [-0.25, -0.2) is 0 Å². The SMILES string of the molecule is CCc1nn(C)c(CC2(C(=O)O)CCCCC2=O)c1Br. The van der Waals surface area contributed by atoms with Gasteiger partial charge in [0.25, 0.3) is 0 Å². The Morgan fingerprint density at radius 1 is 1.50 bits per heavy atom. The third-order valence-electron chi connectivity index (χ3n) is 4.17. The number of hydrogen-bond donors (Lipinski definition) is 1. The molecule has 2 rings (SSSR count). The molecular formula is C14H19BrN2O3. The molecule has 0 aliphatic heterocycles. The molecule has 1 N–H and O–H groups in total. The van der Waals surface area contributed by atoms with Crippen molar-refractivity contribution in [3.8, 4) is 0 Å². The van der Waals surface area contributed by atoms with Crippen LogP contribution in [-0.4, -0.2) is 26.6 Å². The summed E-state index contributed by atoms with van der Waals surface area (Å²) in [5, 5.41) is 14.0. The molecule has 0 aromatic carbocycles. The summed E-state index contributed by atoms with van der Waals surface area (Å²) in [5.74, 6) is -1.16. The predicted octanol–water partition coefficient (Wildman–Crippen LogP) is 2.50. The molecule has 1 unspecified atom stereocenters. The molecule has 0 amide bonds. The molecule has 0 spiro atoms. The minimum atomic E-state index is -1.28. The van der Waals surface area contributed by atoms with Gasteiger partial charge >= 0.3 is 5.97 Å². The monoisotopic (exact) mass is 342 g/mol. The minimum Gasteiger partial charge on any atom is -0.480 e. The van der Waals surface area contributed by atoms with Crippen LogP contribution in [-0.2, 0) is 29.5 Å². The second-order valence-corrected chi connectivity index (χ2v) is 6.17. The number of halogens is 1. The number of nitrogens with zero attached hydrogens (tertiary/aromatic N) is 2. The van der Waals surface area contributed by atoms with Crippen LogP contribution in [0.4, 0.5) is 0 Å². The van der Waals surface area contributed by atoms with Crippen molar-refractivity contribution in [1.29, 1.82) is 0 Å². The minimum absolute atomic E-state index is 0.151. The molecule has 0 bridgehead atoms. The van der Waals surface area contributed by atoms with Gasteiger partial charge in [0.2, 0.25) is 0 Å². The molecule has 0 radical (unpaired) electrons. The van der Waals surface area contributed by atoms with Crippen LogP contribution in [0.25, 0.3) is 0 Å². The molecule has 5 nitrogen and oxygen atoms in total. The molecule has 1 aromatic rings. The van der Waals surface area contributed by atoms with Gasteiger partial charge in [-0.2, -0.15) is 5.10 Å². The Kier molecular flexibility index (Phi) is 4.32. The molecule has 110 valence electrons. The average molecular weight is 343 g/mol. The maximum Gasteiger partial charge on any atom is 0.317 e. The Hall–Kier alpha value is -1.17. The molecular weight excluding hydrogens is 324 g/mol. The van der Waals surface area contributed by atoms with Gasteiger partial charge in [-0.05, 0) is 35.2 Å². The van der Waals surface area contributed by atoms with Crippen molar-refractivity contribution >= 4 is 27.7 Å². The van der Waals surface area contributed by atoms with Crippen LogP contribution in [0.1, 0.15) is 44.0 Å². The second-order valence-electron chi connectivity index (χ2n) is 5.38. The van der Waals surface area contributed by atoms with Gasteiger partial charge in [0.1, 0.15) is 5.41 Å². The average Bonchev–Trinajstić information content (AvgIpc) is 2.68. The summed E-state index contributed by atoms with van der Waals surface area (Å²) in [6.45, 7) is 2.00. The van der Waals surface area contributed by atoms with Gasteiger partial charge in [-0.3, -0.25) is 14.3 Å². The number of carboxylic acid groups (broad SMARTS) is 1. The first-order chi connectivity index (χ1) is 9.42. The van der Waals surface area contributed by atoms with Crippen LogP contribution in [0, 0.1) is 5.41 Å². The first-order valence-electron chi connectivity index (χ1n) is 6.89. The topological polar surface area (TPSA) is 72.2 Å². The summed E-state index contributed by atoms with van der Waals surface area (Å²) in [5.41, 5.74) is 0.408. The van der Waals surface area contributed by atoms with Crippen molar-refractivity contribution in [3.63, 3.8) is 0 Å². The van der Waals surface area contributed by atoms with Crippen LogP contribution in [0.15, 0.2) is 4.47 Å². The molecule has 1 saturated carbocycles. The van der Waals surface area contributed by atoms with Crippen molar-refractivity contribution in [3.05, 3.63) is 15.9 Å². The largest absolute Gasteiger partial charge is 0.480 e. The quantitative estimate of drug-likeness (QED) is 0.853. The standard InChI is InChI=1S/C14H19BrN2O3/c1-3-9-12(15)10(17(2)16-9)8-14(13(19)20)7-5-4-6-11(14)18/h3-8H2,1-2H3,(H,19,20). The number of Topliss-reactive ketones (excluding diaryl/α,β-unsaturated/α-hetero) is 1. The van der Waals surface area contributed by atoms with Crippen molar-refractivity contribution in [2.75, 3.05) is 0 Å². The summed E-state index contributed by atoms with van der Waals surface area (Å²) < 4.78 is 2.52. The molecule has 1 aromatic heterocycles. The van der Waals surface area contributed by atoms with Gasteiger partial charge in [0.15, 0.2) is 5.78 Å². The van der Waals surface area contributed by atoms with E-state index >= 15 is 0 Å². The van der Waals surface area contributed by atoms with E-state index in [0.717, 1.165) is 35.1 Å².